The van der Waals surface area contributed by atoms with Crippen molar-refractivity contribution in [2.75, 3.05) is 6.54 Å². The highest BCUT2D eigenvalue weighted by Gasteiger charge is 2.21. The molecule has 1 unspecified atom stereocenters. The minimum Gasteiger partial charge on any atom is -0.481 e. The number of halogens is 1. The summed E-state index contributed by atoms with van der Waals surface area (Å²) in [6.07, 6.45) is -0.0651. The molecule has 0 heterocycles. The molecule has 1 atom stereocenters. The highest BCUT2D eigenvalue weighted by atomic mass is 19.1. The Labute approximate surface area is 116 Å². The van der Waals surface area contributed by atoms with Gasteiger partial charge in [0.15, 0.2) is 0 Å². The Morgan fingerprint density at radius 3 is 2.70 bits per heavy atom. The Balaban J connectivity index is 2.93. The zero-order valence-corrected chi connectivity index (χ0v) is 11.4. The lowest BCUT2D eigenvalue weighted by atomic mass is 10.1. The van der Waals surface area contributed by atoms with Gasteiger partial charge in [-0.2, -0.15) is 4.39 Å². The fourth-order valence-corrected chi connectivity index (χ4v) is 2.01. The summed E-state index contributed by atoms with van der Waals surface area (Å²) in [6, 6.07) is 3.72. The van der Waals surface area contributed by atoms with Crippen molar-refractivity contribution in [2.45, 2.75) is 32.9 Å². The molecule has 0 bridgehead atoms. The van der Waals surface area contributed by atoms with Gasteiger partial charge in [0, 0.05) is 24.2 Å². The first-order chi connectivity index (χ1) is 9.36. The Morgan fingerprint density at radius 2 is 2.20 bits per heavy atom. The molecular formula is C13H17FN2O4. The van der Waals surface area contributed by atoms with E-state index in [4.69, 9.17) is 5.11 Å². The minimum atomic E-state index is -0.935. The second-order valence-electron chi connectivity index (χ2n) is 4.52. The smallest absolute Gasteiger partial charge is 0.305 e. The van der Waals surface area contributed by atoms with Crippen LogP contribution >= 0.6 is 0 Å². The molecule has 0 saturated carbocycles. The van der Waals surface area contributed by atoms with E-state index in [9.17, 15) is 19.3 Å². The molecule has 0 aliphatic rings. The number of benzene rings is 1. The van der Waals surface area contributed by atoms with E-state index in [0.717, 1.165) is 6.07 Å². The highest BCUT2D eigenvalue weighted by molar-refractivity contribution is 5.67. The van der Waals surface area contributed by atoms with Crippen LogP contribution in [-0.4, -0.2) is 33.5 Å². The summed E-state index contributed by atoms with van der Waals surface area (Å²) in [7, 11) is 0. The normalized spacial score (nSPS) is 12.4. The lowest BCUT2D eigenvalue weighted by molar-refractivity contribution is -0.387. The minimum absolute atomic E-state index is 0.0651. The fourth-order valence-electron chi connectivity index (χ4n) is 2.01. The Kier molecular flexibility index (Phi) is 5.57. The van der Waals surface area contributed by atoms with Gasteiger partial charge in [-0.1, -0.05) is 19.1 Å². The number of nitro groups is 1. The number of nitro benzene ring substituents is 1. The van der Waals surface area contributed by atoms with Gasteiger partial charge in [-0.25, -0.2) is 0 Å². The number of aliphatic carboxylic acids is 1. The van der Waals surface area contributed by atoms with Crippen LogP contribution in [-0.2, 0) is 11.3 Å². The van der Waals surface area contributed by atoms with Gasteiger partial charge in [0.2, 0.25) is 5.82 Å². The molecule has 0 fully saturated rings. The van der Waals surface area contributed by atoms with Gasteiger partial charge in [0.05, 0.1) is 11.3 Å². The van der Waals surface area contributed by atoms with Crippen molar-refractivity contribution in [1.29, 1.82) is 0 Å². The zero-order chi connectivity index (χ0) is 15.3. The zero-order valence-electron chi connectivity index (χ0n) is 11.4. The molecule has 1 rings (SSSR count). The predicted octanol–water partition coefficient (Wildman–Crippen LogP) is 2.42. The van der Waals surface area contributed by atoms with Crippen molar-refractivity contribution in [2.24, 2.45) is 0 Å². The van der Waals surface area contributed by atoms with E-state index in [-0.39, 0.29) is 24.6 Å². The van der Waals surface area contributed by atoms with E-state index in [1.165, 1.54) is 12.1 Å². The molecule has 0 amide bonds. The first-order valence-corrected chi connectivity index (χ1v) is 6.24. The van der Waals surface area contributed by atoms with Crippen molar-refractivity contribution in [3.63, 3.8) is 0 Å². The van der Waals surface area contributed by atoms with E-state index in [0.29, 0.717) is 6.54 Å². The third-order valence-electron chi connectivity index (χ3n) is 3.13. The molecule has 0 saturated heterocycles. The maximum absolute atomic E-state index is 14.0. The number of carboxylic acids is 1. The van der Waals surface area contributed by atoms with Crippen molar-refractivity contribution in [1.82, 2.24) is 4.90 Å². The predicted molar refractivity (Wildman–Crippen MR) is 70.9 cm³/mol. The van der Waals surface area contributed by atoms with Crippen LogP contribution in [0.2, 0.25) is 0 Å². The standard InChI is InChI=1S/C13H17FN2O4/c1-3-15(9(2)7-12(17)18)8-10-5-4-6-11(13(10)14)16(19)20/h4-6,9H,3,7-8H2,1-2H3,(H,17,18). The van der Waals surface area contributed by atoms with Crippen molar-refractivity contribution in [3.8, 4) is 0 Å². The average molecular weight is 284 g/mol. The summed E-state index contributed by atoms with van der Waals surface area (Å²) in [6.45, 7) is 4.22. The first-order valence-electron chi connectivity index (χ1n) is 6.24. The summed E-state index contributed by atoms with van der Waals surface area (Å²) in [5.41, 5.74) is -0.372. The third-order valence-corrected chi connectivity index (χ3v) is 3.13. The van der Waals surface area contributed by atoms with Gasteiger partial charge >= 0.3 is 11.7 Å². The van der Waals surface area contributed by atoms with Gasteiger partial charge in [0.25, 0.3) is 0 Å². The van der Waals surface area contributed by atoms with Crippen LogP contribution in [0.5, 0.6) is 0 Å². The number of rotatable bonds is 7. The second kappa shape index (κ2) is 6.95. The topological polar surface area (TPSA) is 83.7 Å². The molecule has 1 N–H and O–H groups in total. The van der Waals surface area contributed by atoms with Crippen LogP contribution in [0.3, 0.4) is 0 Å². The Hall–Kier alpha value is -2.02. The number of carboxylic acid groups (broad SMARTS) is 1. The molecular weight excluding hydrogens is 267 g/mol. The summed E-state index contributed by atoms with van der Waals surface area (Å²) < 4.78 is 14.0. The van der Waals surface area contributed by atoms with Crippen LogP contribution in [0, 0.1) is 15.9 Å². The largest absolute Gasteiger partial charge is 0.481 e. The molecule has 6 nitrogen and oxygen atoms in total. The Morgan fingerprint density at radius 1 is 1.55 bits per heavy atom. The number of hydrogen-bond acceptors (Lipinski definition) is 4. The van der Waals surface area contributed by atoms with Crippen molar-refractivity contribution >= 4 is 11.7 Å². The fraction of sp³-hybridized carbons (Fsp3) is 0.462. The van der Waals surface area contributed by atoms with Crippen LogP contribution in [0.4, 0.5) is 10.1 Å². The summed E-state index contributed by atoms with van der Waals surface area (Å²) in [5.74, 6) is -1.80. The quantitative estimate of drug-likeness (QED) is 0.614. The molecule has 110 valence electrons. The summed E-state index contributed by atoms with van der Waals surface area (Å²) in [5, 5.41) is 19.5. The van der Waals surface area contributed by atoms with Crippen LogP contribution in [0.15, 0.2) is 18.2 Å². The van der Waals surface area contributed by atoms with Gasteiger partial charge in [0.1, 0.15) is 0 Å². The van der Waals surface area contributed by atoms with E-state index in [2.05, 4.69) is 0 Å². The van der Waals surface area contributed by atoms with Crippen molar-refractivity contribution < 1.29 is 19.2 Å². The molecule has 1 aromatic carbocycles. The molecule has 0 aliphatic heterocycles. The molecule has 1 aromatic rings. The molecule has 0 aromatic heterocycles. The maximum atomic E-state index is 14.0. The lowest BCUT2D eigenvalue weighted by Gasteiger charge is -2.26. The van der Waals surface area contributed by atoms with E-state index in [1.807, 2.05) is 6.92 Å². The van der Waals surface area contributed by atoms with Gasteiger partial charge in [-0.3, -0.25) is 19.8 Å². The van der Waals surface area contributed by atoms with Crippen LogP contribution in [0.25, 0.3) is 0 Å². The average Bonchev–Trinajstić information content (AvgIpc) is 2.36. The second-order valence-corrected chi connectivity index (χ2v) is 4.52. The molecule has 0 radical (unpaired) electrons. The molecule has 20 heavy (non-hydrogen) atoms. The van der Waals surface area contributed by atoms with Crippen LogP contribution in [0.1, 0.15) is 25.8 Å². The van der Waals surface area contributed by atoms with Crippen molar-refractivity contribution in [3.05, 3.63) is 39.7 Å². The van der Waals surface area contributed by atoms with E-state index >= 15 is 0 Å². The van der Waals surface area contributed by atoms with Gasteiger partial charge in [-0.05, 0) is 13.5 Å². The van der Waals surface area contributed by atoms with E-state index < -0.39 is 22.4 Å². The van der Waals surface area contributed by atoms with Crippen LogP contribution < -0.4 is 0 Å². The first kappa shape index (κ1) is 16.0. The van der Waals surface area contributed by atoms with Gasteiger partial charge < -0.3 is 5.11 Å². The van der Waals surface area contributed by atoms with Gasteiger partial charge in [-0.15, -0.1) is 0 Å². The summed E-state index contributed by atoms with van der Waals surface area (Å²) in [4.78, 5) is 22.4. The summed E-state index contributed by atoms with van der Waals surface area (Å²) >= 11 is 0. The monoisotopic (exact) mass is 284 g/mol. The number of hydrogen-bond donors (Lipinski definition) is 1. The maximum Gasteiger partial charge on any atom is 0.305 e. The molecule has 0 spiro atoms. The SMILES string of the molecule is CCN(Cc1cccc([N+](=O)[O-])c1F)C(C)CC(=O)O. The number of nitrogens with zero attached hydrogens (tertiary/aromatic N) is 2. The van der Waals surface area contributed by atoms with E-state index in [1.54, 1.807) is 11.8 Å². The molecule has 0 aliphatic carbocycles. The number of carbonyl (C=O) groups is 1. The lowest BCUT2D eigenvalue weighted by Crippen LogP contribution is -2.34. The highest BCUT2D eigenvalue weighted by Crippen LogP contribution is 2.22. The third kappa shape index (κ3) is 3.99. The molecule has 7 heteroatoms. The Bertz CT molecular complexity index is 507.